The Morgan fingerprint density at radius 2 is 2.25 bits per heavy atom. The average molecular weight is 358 g/mol. The minimum atomic E-state index is 0.210. The van der Waals surface area contributed by atoms with E-state index in [0.717, 1.165) is 16.1 Å². The number of hydrogen-bond donors (Lipinski definition) is 3. The van der Waals surface area contributed by atoms with Crippen molar-refractivity contribution in [3.05, 3.63) is 42.0 Å². The van der Waals surface area contributed by atoms with E-state index in [1.165, 1.54) is 11.8 Å². The average Bonchev–Trinajstić information content (AvgIpc) is 3.31. The number of rotatable bonds is 5. The number of nitrogen functional groups attached to an aromatic ring is 1. The summed E-state index contributed by atoms with van der Waals surface area (Å²) >= 11 is 2.92. The molecule has 0 radical (unpaired) electrons. The predicted molar refractivity (Wildman–Crippen MR) is 97.2 cm³/mol. The van der Waals surface area contributed by atoms with E-state index in [2.05, 4.69) is 15.2 Å². The molecule has 0 amide bonds. The summed E-state index contributed by atoms with van der Waals surface area (Å²) in [5.41, 5.74) is 15.4. The molecule has 0 spiro atoms. The number of aromatic nitrogens is 1. The van der Waals surface area contributed by atoms with Crippen LogP contribution in [-0.4, -0.2) is 16.6 Å². The summed E-state index contributed by atoms with van der Waals surface area (Å²) in [6, 6.07) is 9.54. The summed E-state index contributed by atoms with van der Waals surface area (Å²) in [5, 5.41) is 9.33. The molecule has 0 saturated heterocycles. The fourth-order valence-electron chi connectivity index (χ4n) is 2.06. The number of nitrogens with two attached hydrogens (primary N) is 2. The van der Waals surface area contributed by atoms with Crippen molar-refractivity contribution in [3.63, 3.8) is 0 Å². The van der Waals surface area contributed by atoms with E-state index in [1.54, 1.807) is 17.6 Å². The third-order valence-electron chi connectivity index (χ3n) is 3.20. The van der Waals surface area contributed by atoms with Crippen molar-refractivity contribution in [2.75, 3.05) is 11.5 Å². The highest BCUT2D eigenvalue weighted by atomic mass is 32.2. The first kappa shape index (κ1) is 16.2. The minimum absolute atomic E-state index is 0.210. The SMILES string of the molecule is N=N/C(CSc1nc(-c2cccs2)cc(-c2ccco2)c1N)=N\N. The summed E-state index contributed by atoms with van der Waals surface area (Å²) < 4.78 is 5.49. The van der Waals surface area contributed by atoms with Crippen LogP contribution in [0, 0.1) is 5.53 Å². The topological polar surface area (TPSA) is 127 Å². The Bertz CT molecular complexity index is 858. The number of hydrazone groups is 1. The van der Waals surface area contributed by atoms with Gasteiger partial charge in [-0.25, -0.2) is 10.5 Å². The van der Waals surface area contributed by atoms with Crippen LogP contribution in [0.25, 0.3) is 21.9 Å². The van der Waals surface area contributed by atoms with E-state index >= 15 is 0 Å². The van der Waals surface area contributed by atoms with Crippen LogP contribution in [0.1, 0.15) is 0 Å². The molecule has 0 aliphatic rings. The van der Waals surface area contributed by atoms with E-state index in [-0.39, 0.29) is 5.84 Å². The molecule has 0 aliphatic heterocycles. The van der Waals surface area contributed by atoms with Crippen LogP contribution in [0.5, 0.6) is 0 Å². The van der Waals surface area contributed by atoms with Gasteiger partial charge in [0, 0.05) is 5.56 Å². The molecule has 9 heteroatoms. The maximum atomic E-state index is 7.03. The molecule has 122 valence electrons. The van der Waals surface area contributed by atoms with Gasteiger partial charge in [0.15, 0.2) is 5.84 Å². The number of nitrogens with zero attached hydrogens (tertiary/aromatic N) is 3. The van der Waals surface area contributed by atoms with Gasteiger partial charge in [0.1, 0.15) is 10.8 Å². The number of pyridine rings is 1. The molecule has 3 rings (SSSR count). The number of anilines is 1. The van der Waals surface area contributed by atoms with Gasteiger partial charge in [-0.3, -0.25) is 0 Å². The first-order chi connectivity index (χ1) is 11.7. The van der Waals surface area contributed by atoms with Crippen molar-refractivity contribution in [3.8, 4) is 21.9 Å². The molecule has 0 atom stereocenters. The van der Waals surface area contributed by atoms with Crippen molar-refractivity contribution in [1.29, 1.82) is 5.53 Å². The van der Waals surface area contributed by atoms with E-state index in [9.17, 15) is 0 Å². The molecule has 3 aromatic rings. The molecule has 5 N–H and O–H groups in total. The number of hydrogen-bond acceptors (Lipinski definition) is 8. The van der Waals surface area contributed by atoms with Crippen molar-refractivity contribution in [2.45, 2.75) is 5.03 Å². The highest BCUT2D eigenvalue weighted by Crippen LogP contribution is 2.37. The summed E-state index contributed by atoms with van der Waals surface area (Å²) in [7, 11) is 0. The largest absolute Gasteiger partial charge is 0.464 e. The molecular weight excluding hydrogens is 344 g/mol. The van der Waals surface area contributed by atoms with Crippen LogP contribution in [-0.2, 0) is 0 Å². The molecule has 3 aromatic heterocycles. The Labute approximate surface area is 146 Å². The van der Waals surface area contributed by atoms with E-state index < -0.39 is 0 Å². The maximum Gasteiger partial charge on any atom is 0.179 e. The Hall–Kier alpha value is -2.65. The second-order valence-electron chi connectivity index (χ2n) is 4.67. The van der Waals surface area contributed by atoms with E-state index in [0.29, 0.717) is 22.2 Å². The summed E-state index contributed by atoms with van der Waals surface area (Å²) in [4.78, 5) is 5.66. The van der Waals surface area contributed by atoms with Gasteiger partial charge < -0.3 is 16.0 Å². The zero-order valence-corrected chi connectivity index (χ0v) is 14.1. The van der Waals surface area contributed by atoms with Crippen molar-refractivity contribution >= 4 is 34.6 Å². The molecule has 24 heavy (non-hydrogen) atoms. The number of furan rings is 1. The van der Waals surface area contributed by atoms with Gasteiger partial charge in [-0.2, -0.15) is 5.10 Å². The van der Waals surface area contributed by atoms with Crippen LogP contribution in [0.15, 0.2) is 61.6 Å². The zero-order valence-electron chi connectivity index (χ0n) is 12.5. The lowest BCUT2D eigenvalue weighted by molar-refractivity contribution is 0.582. The fraction of sp³-hybridized carbons (Fsp3) is 0.0667. The van der Waals surface area contributed by atoms with Crippen LogP contribution in [0.4, 0.5) is 5.69 Å². The Morgan fingerprint density at radius 1 is 1.38 bits per heavy atom. The third-order valence-corrected chi connectivity index (χ3v) is 5.08. The lowest BCUT2D eigenvalue weighted by Crippen LogP contribution is -2.03. The molecule has 0 aromatic carbocycles. The molecule has 7 nitrogen and oxygen atoms in total. The summed E-state index contributed by atoms with van der Waals surface area (Å²) in [6.07, 6.45) is 1.60. The third kappa shape index (κ3) is 3.31. The van der Waals surface area contributed by atoms with Crippen molar-refractivity contribution in [1.82, 2.24) is 4.98 Å². The smallest absolute Gasteiger partial charge is 0.179 e. The van der Waals surface area contributed by atoms with Gasteiger partial charge in [-0.15, -0.1) is 16.5 Å². The predicted octanol–water partition coefficient (Wildman–Crippen LogP) is 4.05. The molecule has 0 aliphatic carbocycles. The lowest BCUT2D eigenvalue weighted by atomic mass is 10.1. The monoisotopic (exact) mass is 358 g/mol. The number of thiophene rings is 1. The standard InChI is InChI=1S/C15H14N6OS2/c16-14-9(11-3-1-5-22-11)7-10(12-4-2-6-23-12)19-15(14)24-8-13(20-17)21-18/h1-7,17H,8,16,18H2/b20-17?,21-13-. The second kappa shape index (κ2) is 7.28. The number of amidine groups is 1. The van der Waals surface area contributed by atoms with Crippen LogP contribution in [0.2, 0.25) is 0 Å². The molecule has 3 heterocycles. The first-order valence-corrected chi connectivity index (χ1v) is 8.74. The first-order valence-electron chi connectivity index (χ1n) is 6.88. The fourth-order valence-corrected chi connectivity index (χ4v) is 3.58. The van der Waals surface area contributed by atoms with E-state index in [1.807, 2.05) is 35.7 Å². The van der Waals surface area contributed by atoms with Crippen molar-refractivity contribution < 1.29 is 4.42 Å². The number of nitrogens with one attached hydrogen (secondary N) is 1. The normalized spacial score (nSPS) is 11.6. The van der Waals surface area contributed by atoms with Gasteiger partial charge >= 0.3 is 0 Å². The van der Waals surface area contributed by atoms with Crippen LogP contribution >= 0.6 is 23.1 Å². The van der Waals surface area contributed by atoms with E-state index in [4.69, 9.17) is 21.5 Å². The Kier molecular flexibility index (Phi) is 4.92. The summed E-state index contributed by atoms with van der Waals surface area (Å²) in [5.74, 6) is 6.39. The minimum Gasteiger partial charge on any atom is -0.464 e. The van der Waals surface area contributed by atoms with Crippen LogP contribution in [0.3, 0.4) is 0 Å². The maximum absolute atomic E-state index is 7.03. The lowest BCUT2D eigenvalue weighted by Gasteiger charge is -2.11. The molecule has 0 bridgehead atoms. The molecule has 0 fully saturated rings. The highest BCUT2D eigenvalue weighted by molar-refractivity contribution is 8.00. The van der Waals surface area contributed by atoms with Gasteiger partial charge in [0.25, 0.3) is 0 Å². The molecule has 0 saturated carbocycles. The zero-order chi connectivity index (χ0) is 16.9. The Morgan fingerprint density at radius 3 is 2.88 bits per heavy atom. The molecule has 0 unspecified atom stereocenters. The van der Waals surface area contributed by atoms with Crippen molar-refractivity contribution in [2.24, 2.45) is 16.1 Å². The summed E-state index contributed by atoms with van der Waals surface area (Å²) in [6.45, 7) is 0. The van der Waals surface area contributed by atoms with Gasteiger partial charge in [-0.1, -0.05) is 17.8 Å². The number of thioether (sulfide) groups is 1. The Balaban J connectivity index is 2.05. The van der Waals surface area contributed by atoms with Gasteiger partial charge in [0.05, 0.1) is 28.3 Å². The highest BCUT2D eigenvalue weighted by Gasteiger charge is 2.16. The second-order valence-corrected chi connectivity index (χ2v) is 6.59. The van der Waals surface area contributed by atoms with Gasteiger partial charge in [0.2, 0.25) is 0 Å². The quantitative estimate of drug-likeness (QED) is 0.158. The van der Waals surface area contributed by atoms with Crippen LogP contribution < -0.4 is 11.6 Å². The molecular formula is C15H14N6OS2. The van der Waals surface area contributed by atoms with Gasteiger partial charge in [-0.05, 0) is 29.6 Å².